The Balaban J connectivity index is 2.29. The van der Waals surface area contributed by atoms with E-state index in [4.69, 9.17) is 0 Å². The fourth-order valence-electron chi connectivity index (χ4n) is 1.86. The fourth-order valence-corrected chi connectivity index (χ4v) is 3.16. The predicted molar refractivity (Wildman–Crippen MR) is 75.5 cm³/mol. The van der Waals surface area contributed by atoms with Gasteiger partial charge in [-0.25, -0.2) is 8.42 Å². The molecule has 0 bridgehead atoms. The van der Waals surface area contributed by atoms with E-state index in [1.165, 1.54) is 10.5 Å². The minimum Gasteiger partial charge on any atom is -0.272 e. The summed E-state index contributed by atoms with van der Waals surface area (Å²) in [5, 5.41) is 4.01. The van der Waals surface area contributed by atoms with Crippen molar-refractivity contribution in [1.29, 1.82) is 0 Å². The molecule has 6 nitrogen and oxygen atoms in total. The first kappa shape index (κ1) is 14.7. The van der Waals surface area contributed by atoms with Gasteiger partial charge in [0.05, 0.1) is 6.20 Å². The Hall–Kier alpha value is -1.73. The summed E-state index contributed by atoms with van der Waals surface area (Å²) in [6.45, 7) is 4.38. The fraction of sp³-hybridized carbons (Fsp3) is 0.385. The number of hydrogen-bond donors (Lipinski definition) is 0. The van der Waals surface area contributed by atoms with E-state index in [1.54, 1.807) is 36.4 Å². The van der Waals surface area contributed by atoms with Crippen LogP contribution in [0.1, 0.15) is 25.5 Å². The topological polar surface area (TPSA) is 68.1 Å². The molecule has 108 valence electrons. The van der Waals surface area contributed by atoms with Gasteiger partial charge in [-0.3, -0.25) is 9.67 Å². The summed E-state index contributed by atoms with van der Waals surface area (Å²) in [5.74, 6) is 0. The molecule has 0 spiro atoms. The van der Waals surface area contributed by atoms with Crippen molar-refractivity contribution < 1.29 is 8.42 Å². The van der Waals surface area contributed by atoms with E-state index in [2.05, 4.69) is 10.1 Å². The van der Waals surface area contributed by atoms with Crippen molar-refractivity contribution in [2.75, 3.05) is 7.05 Å². The van der Waals surface area contributed by atoms with E-state index in [9.17, 15) is 8.42 Å². The standard InChI is InChI=1S/C13H18N4O2S/c1-4-17-10-13(9-15-17)20(18,19)16(3)11(2)12-6-5-7-14-8-12/h5-11H,4H2,1-3H3/t11-/m0/s1. The Bertz CT molecular complexity index is 667. The summed E-state index contributed by atoms with van der Waals surface area (Å²) in [6, 6.07) is 3.36. The first-order chi connectivity index (χ1) is 9.46. The minimum absolute atomic E-state index is 0.206. The average molecular weight is 294 g/mol. The van der Waals surface area contributed by atoms with Crippen LogP contribution in [0, 0.1) is 0 Å². The zero-order valence-corrected chi connectivity index (χ0v) is 12.6. The molecule has 2 aromatic rings. The maximum absolute atomic E-state index is 12.5. The molecule has 0 aliphatic carbocycles. The van der Waals surface area contributed by atoms with Crippen LogP contribution < -0.4 is 0 Å². The monoisotopic (exact) mass is 294 g/mol. The largest absolute Gasteiger partial charge is 0.272 e. The summed E-state index contributed by atoms with van der Waals surface area (Å²) in [4.78, 5) is 4.23. The third kappa shape index (κ3) is 2.73. The van der Waals surface area contributed by atoms with Crippen molar-refractivity contribution >= 4 is 10.0 Å². The summed E-state index contributed by atoms with van der Waals surface area (Å²) < 4.78 is 28.0. The van der Waals surface area contributed by atoms with Gasteiger partial charge in [-0.2, -0.15) is 9.40 Å². The lowest BCUT2D eigenvalue weighted by Crippen LogP contribution is -2.29. The second-order valence-electron chi connectivity index (χ2n) is 4.52. The predicted octanol–water partition coefficient (Wildman–Crippen LogP) is 1.68. The molecule has 0 aliphatic heterocycles. The average Bonchev–Trinajstić information content (AvgIpc) is 2.96. The Morgan fingerprint density at radius 3 is 2.70 bits per heavy atom. The molecule has 0 unspecified atom stereocenters. The third-order valence-electron chi connectivity index (χ3n) is 3.32. The van der Waals surface area contributed by atoms with E-state index in [0.717, 1.165) is 5.56 Å². The van der Waals surface area contributed by atoms with Gasteiger partial charge in [0, 0.05) is 38.2 Å². The smallest absolute Gasteiger partial charge is 0.246 e. The van der Waals surface area contributed by atoms with Crippen molar-refractivity contribution in [3.63, 3.8) is 0 Å². The number of rotatable bonds is 5. The molecule has 0 amide bonds. The van der Waals surface area contributed by atoms with Crippen molar-refractivity contribution in [3.05, 3.63) is 42.5 Å². The van der Waals surface area contributed by atoms with Crippen LogP contribution in [0.4, 0.5) is 0 Å². The Labute approximate surface area is 119 Å². The Morgan fingerprint density at radius 1 is 1.40 bits per heavy atom. The lowest BCUT2D eigenvalue weighted by atomic mass is 10.1. The Kier molecular flexibility index (Phi) is 4.20. The molecular formula is C13H18N4O2S. The molecular weight excluding hydrogens is 276 g/mol. The van der Waals surface area contributed by atoms with Gasteiger partial charge in [0.1, 0.15) is 4.90 Å². The zero-order valence-electron chi connectivity index (χ0n) is 11.8. The molecule has 0 radical (unpaired) electrons. The van der Waals surface area contributed by atoms with Crippen LogP contribution in [0.2, 0.25) is 0 Å². The lowest BCUT2D eigenvalue weighted by Gasteiger charge is -2.23. The van der Waals surface area contributed by atoms with E-state index in [-0.39, 0.29) is 10.9 Å². The summed E-state index contributed by atoms with van der Waals surface area (Å²) in [6.07, 6.45) is 6.26. The van der Waals surface area contributed by atoms with Gasteiger partial charge in [0.25, 0.3) is 0 Å². The summed E-state index contributed by atoms with van der Waals surface area (Å²) in [7, 11) is -1.99. The second kappa shape index (κ2) is 5.72. The van der Waals surface area contributed by atoms with E-state index < -0.39 is 10.0 Å². The van der Waals surface area contributed by atoms with E-state index in [0.29, 0.717) is 6.54 Å². The van der Waals surface area contributed by atoms with Gasteiger partial charge in [0.15, 0.2) is 0 Å². The van der Waals surface area contributed by atoms with Crippen LogP contribution in [0.25, 0.3) is 0 Å². The first-order valence-electron chi connectivity index (χ1n) is 6.37. The maximum Gasteiger partial charge on any atom is 0.246 e. The van der Waals surface area contributed by atoms with Crippen LogP contribution >= 0.6 is 0 Å². The third-order valence-corrected chi connectivity index (χ3v) is 5.20. The molecule has 2 heterocycles. The molecule has 20 heavy (non-hydrogen) atoms. The number of nitrogens with zero attached hydrogens (tertiary/aromatic N) is 4. The quantitative estimate of drug-likeness (QED) is 0.841. The van der Waals surface area contributed by atoms with Gasteiger partial charge < -0.3 is 0 Å². The SMILES string of the molecule is CCn1cc(S(=O)(=O)N(C)[C@@H](C)c2cccnc2)cn1. The highest BCUT2D eigenvalue weighted by Gasteiger charge is 2.27. The van der Waals surface area contributed by atoms with Crippen LogP contribution in [0.15, 0.2) is 41.8 Å². The number of hydrogen-bond acceptors (Lipinski definition) is 4. The van der Waals surface area contributed by atoms with Crippen molar-refractivity contribution in [1.82, 2.24) is 19.1 Å². The molecule has 2 rings (SSSR count). The molecule has 0 fully saturated rings. The summed E-state index contributed by atoms with van der Waals surface area (Å²) >= 11 is 0. The molecule has 1 atom stereocenters. The van der Waals surface area contributed by atoms with Crippen LogP contribution in [-0.2, 0) is 16.6 Å². The van der Waals surface area contributed by atoms with Crippen LogP contribution in [0.5, 0.6) is 0 Å². The first-order valence-corrected chi connectivity index (χ1v) is 7.81. The van der Waals surface area contributed by atoms with E-state index in [1.807, 2.05) is 19.9 Å². The van der Waals surface area contributed by atoms with Gasteiger partial charge in [-0.1, -0.05) is 6.07 Å². The summed E-state index contributed by atoms with van der Waals surface area (Å²) in [5.41, 5.74) is 0.849. The minimum atomic E-state index is -3.55. The Morgan fingerprint density at radius 2 is 2.15 bits per heavy atom. The molecule has 7 heteroatoms. The second-order valence-corrected chi connectivity index (χ2v) is 6.51. The number of sulfonamides is 1. The van der Waals surface area contributed by atoms with Gasteiger partial charge in [-0.05, 0) is 25.5 Å². The lowest BCUT2D eigenvalue weighted by molar-refractivity contribution is 0.397. The van der Waals surface area contributed by atoms with Crippen molar-refractivity contribution in [2.24, 2.45) is 0 Å². The highest BCUT2D eigenvalue weighted by Crippen LogP contribution is 2.24. The maximum atomic E-state index is 12.5. The van der Waals surface area contributed by atoms with Gasteiger partial charge in [-0.15, -0.1) is 0 Å². The number of pyridine rings is 1. The zero-order chi connectivity index (χ0) is 14.8. The molecule has 0 saturated carbocycles. The highest BCUT2D eigenvalue weighted by molar-refractivity contribution is 7.89. The van der Waals surface area contributed by atoms with E-state index >= 15 is 0 Å². The van der Waals surface area contributed by atoms with Crippen molar-refractivity contribution in [2.45, 2.75) is 31.3 Å². The van der Waals surface area contributed by atoms with Crippen LogP contribution in [0.3, 0.4) is 0 Å². The molecule has 0 aliphatic rings. The number of aromatic nitrogens is 3. The van der Waals surface area contributed by atoms with Gasteiger partial charge >= 0.3 is 0 Å². The molecule has 2 aromatic heterocycles. The van der Waals surface area contributed by atoms with Crippen LogP contribution in [-0.4, -0.2) is 34.5 Å². The highest BCUT2D eigenvalue weighted by atomic mass is 32.2. The van der Waals surface area contributed by atoms with Gasteiger partial charge in [0.2, 0.25) is 10.0 Å². The molecule has 0 saturated heterocycles. The molecule has 0 aromatic carbocycles. The number of aryl methyl sites for hydroxylation is 1. The van der Waals surface area contributed by atoms with Crippen molar-refractivity contribution in [3.8, 4) is 0 Å². The normalized spacial score (nSPS) is 13.6. The molecule has 0 N–H and O–H groups in total.